The summed E-state index contributed by atoms with van der Waals surface area (Å²) in [5.74, 6) is 1.97. The highest BCUT2D eigenvalue weighted by molar-refractivity contribution is 7.89. The summed E-state index contributed by atoms with van der Waals surface area (Å²) in [6.45, 7) is 3.14. The van der Waals surface area contributed by atoms with Crippen molar-refractivity contribution in [3.63, 3.8) is 0 Å². The summed E-state index contributed by atoms with van der Waals surface area (Å²) in [7, 11) is -2.09. The number of nitrogens with zero attached hydrogens (tertiary/aromatic N) is 2. The van der Waals surface area contributed by atoms with Gasteiger partial charge in [-0.1, -0.05) is 17.7 Å². The molecule has 0 unspecified atom stereocenters. The van der Waals surface area contributed by atoms with E-state index in [1.54, 1.807) is 6.07 Å². The molecule has 0 bridgehead atoms. The van der Waals surface area contributed by atoms with Gasteiger partial charge in [0.2, 0.25) is 16.8 Å². The van der Waals surface area contributed by atoms with E-state index in [4.69, 9.17) is 25.8 Å². The Morgan fingerprint density at radius 2 is 1.79 bits per heavy atom. The lowest BCUT2D eigenvalue weighted by Crippen LogP contribution is -2.48. The minimum atomic E-state index is -3.58. The summed E-state index contributed by atoms with van der Waals surface area (Å²) < 4.78 is 43.2. The topological polar surface area (TPSA) is 68.3 Å². The summed E-state index contributed by atoms with van der Waals surface area (Å²) in [5, 5.41) is 0.282. The molecule has 0 atom stereocenters. The molecule has 1 saturated heterocycles. The maximum absolute atomic E-state index is 12.9. The van der Waals surface area contributed by atoms with E-state index in [1.165, 1.54) is 23.5 Å². The number of benzene rings is 2. The molecule has 0 N–H and O–H groups in total. The van der Waals surface area contributed by atoms with Crippen molar-refractivity contribution >= 4 is 21.6 Å². The number of rotatable bonds is 5. The molecule has 9 heteroatoms. The van der Waals surface area contributed by atoms with Crippen molar-refractivity contribution in [3.05, 3.63) is 47.0 Å². The Hall–Kier alpha value is -2.00. The van der Waals surface area contributed by atoms with Crippen LogP contribution >= 0.6 is 11.6 Å². The van der Waals surface area contributed by atoms with E-state index in [0.29, 0.717) is 31.9 Å². The van der Waals surface area contributed by atoms with E-state index in [1.807, 2.05) is 18.2 Å². The van der Waals surface area contributed by atoms with Gasteiger partial charge in [0, 0.05) is 32.7 Å². The van der Waals surface area contributed by atoms with Gasteiger partial charge in [-0.25, -0.2) is 8.42 Å². The lowest BCUT2D eigenvalue weighted by Gasteiger charge is -2.34. The van der Waals surface area contributed by atoms with Gasteiger partial charge in [0.1, 0.15) is 5.75 Å². The van der Waals surface area contributed by atoms with Crippen LogP contribution in [0.4, 0.5) is 0 Å². The average molecular weight is 425 g/mol. The van der Waals surface area contributed by atoms with Gasteiger partial charge in [-0.15, -0.1) is 0 Å². The Morgan fingerprint density at radius 3 is 2.50 bits per heavy atom. The molecule has 0 saturated carbocycles. The van der Waals surface area contributed by atoms with Gasteiger partial charge in [-0.05, 0) is 35.9 Å². The predicted octanol–water partition coefficient (Wildman–Crippen LogP) is 2.58. The molecule has 2 aromatic rings. The third-order valence-electron chi connectivity index (χ3n) is 4.94. The molecule has 7 nitrogen and oxygen atoms in total. The fraction of sp³-hybridized carbons (Fsp3) is 0.368. The van der Waals surface area contributed by atoms with Crippen molar-refractivity contribution in [2.75, 3.05) is 40.1 Å². The highest BCUT2D eigenvalue weighted by Gasteiger charge is 2.29. The third-order valence-corrected chi connectivity index (χ3v) is 7.13. The highest BCUT2D eigenvalue weighted by Crippen LogP contribution is 2.33. The molecular formula is C19H21ClN2O5S. The van der Waals surface area contributed by atoms with Gasteiger partial charge < -0.3 is 14.2 Å². The monoisotopic (exact) mass is 424 g/mol. The molecule has 0 amide bonds. The summed E-state index contributed by atoms with van der Waals surface area (Å²) in [6, 6.07) is 10.4. The zero-order chi connectivity index (χ0) is 19.7. The van der Waals surface area contributed by atoms with E-state index < -0.39 is 10.0 Å². The molecule has 28 heavy (non-hydrogen) atoms. The molecule has 0 aliphatic carbocycles. The van der Waals surface area contributed by atoms with Crippen LogP contribution in [0.5, 0.6) is 17.2 Å². The van der Waals surface area contributed by atoms with Crippen molar-refractivity contribution in [1.29, 1.82) is 0 Å². The van der Waals surface area contributed by atoms with E-state index in [0.717, 1.165) is 23.6 Å². The SMILES string of the molecule is COc1ccc(S(=O)(=O)N2CCN(Cc3ccc4c(c3)OCO4)CC2)cc1Cl. The zero-order valence-corrected chi connectivity index (χ0v) is 17.0. The van der Waals surface area contributed by atoms with E-state index in [-0.39, 0.29) is 16.7 Å². The fourth-order valence-corrected chi connectivity index (χ4v) is 5.15. The Labute approximate surface area is 169 Å². The minimum absolute atomic E-state index is 0.183. The number of hydrogen-bond donors (Lipinski definition) is 0. The third kappa shape index (κ3) is 3.77. The molecular weight excluding hydrogens is 404 g/mol. The van der Waals surface area contributed by atoms with Gasteiger partial charge >= 0.3 is 0 Å². The quantitative estimate of drug-likeness (QED) is 0.734. The number of piperazine rings is 1. The van der Waals surface area contributed by atoms with Crippen molar-refractivity contribution in [2.45, 2.75) is 11.4 Å². The lowest BCUT2D eigenvalue weighted by molar-refractivity contribution is 0.173. The van der Waals surface area contributed by atoms with Crippen LogP contribution in [0.1, 0.15) is 5.56 Å². The molecule has 2 aliphatic rings. The standard InChI is InChI=1S/C19H21ClN2O5S/c1-25-17-5-3-15(11-16(17)20)28(23,24)22-8-6-21(7-9-22)12-14-2-4-18-19(10-14)27-13-26-18/h2-5,10-11H,6-9,12-13H2,1H3. The first kappa shape index (κ1) is 19.3. The van der Waals surface area contributed by atoms with Crippen molar-refractivity contribution < 1.29 is 22.6 Å². The van der Waals surface area contributed by atoms with Crippen LogP contribution in [0.2, 0.25) is 5.02 Å². The lowest BCUT2D eigenvalue weighted by atomic mass is 10.2. The first-order valence-electron chi connectivity index (χ1n) is 8.92. The van der Waals surface area contributed by atoms with Gasteiger partial charge in [-0.3, -0.25) is 4.90 Å². The van der Waals surface area contributed by atoms with Gasteiger partial charge in [0.25, 0.3) is 0 Å². The van der Waals surface area contributed by atoms with Crippen LogP contribution < -0.4 is 14.2 Å². The van der Waals surface area contributed by atoms with E-state index >= 15 is 0 Å². The summed E-state index contributed by atoms with van der Waals surface area (Å²) >= 11 is 6.09. The molecule has 0 spiro atoms. The maximum atomic E-state index is 12.9. The van der Waals surface area contributed by atoms with Crippen molar-refractivity contribution in [1.82, 2.24) is 9.21 Å². The van der Waals surface area contributed by atoms with Gasteiger partial charge in [-0.2, -0.15) is 4.31 Å². The summed E-state index contributed by atoms with van der Waals surface area (Å²) in [4.78, 5) is 2.41. The molecule has 150 valence electrons. The molecule has 0 aromatic heterocycles. The summed E-state index contributed by atoms with van der Waals surface area (Å²) in [5.41, 5.74) is 1.11. The number of fused-ring (bicyclic) bond motifs is 1. The molecule has 1 fully saturated rings. The smallest absolute Gasteiger partial charge is 0.243 e. The molecule has 2 heterocycles. The average Bonchev–Trinajstić information content (AvgIpc) is 3.16. The van der Waals surface area contributed by atoms with Gasteiger partial charge in [0.05, 0.1) is 17.0 Å². The number of ether oxygens (including phenoxy) is 3. The van der Waals surface area contributed by atoms with Crippen LogP contribution in [-0.2, 0) is 16.6 Å². The maximum Gasteiger partial charge on any atom is 0.243 e. The van der Waals surface area contributed by atoms with Crippen LogP contribution in [-0.4, -0.2) is 57.7 Å². The predicted molar refractivity (Wildman–Crippen MR) is 105 cm³/mol. The number of methoxy groups -OCH3 is 1. The molecule has 2 aromatic carbocycles. The Bertz CT molecular complexity index is 974. The van der Waals surface area contributed by atoms with Crippen LogP contribution in [0.15, 0.2) is 41.3 Å². The van der Waals surface area contributed by atoms with E-state index in [2.05, 4.69) is 4.90 Å². The summed E-state index contributed by atoms with van der Waals surface area (Å²) in [6.07, 6.45) is 0. The van der Waals surface area contributed by atoms with Crippen LogP contribution in [0.25, 0.3) is 0 Å². The van der Waals surface area contributed by atoms with E-state index in [9.17, 15) is 8.42 Å². The minimum Gasteiger partial charge on any atom is -0.495 e. The molecule has 2 aliphatic heterocycles. The van der Waals surface area contributed by atoms with Gasteiger partial charge in [0.15, 0.2) is 11.5 Å². The molecule has 4 rings (SSSR count). The second-order valence-corrected chi connectivity index (χ2v) is 9.01. The molecule has 0 radical (unpaired) electrons. The first-order chi connectivity index (χ1) is 13.5. The van der Waals surface area contributed by atoms with Crippen LogP contribution in [0, 0.1) is 0 Å². The highest BCUT2D eigenvalue weighted by atomic mass is 35.5. The largest absolute Gasteiger partial charge is 0.495 e. The normalized spacial score (nSPS) is 17.6. The Morgan fingerprint density at radius 1 is 1.04 bits per heavy atom. The number of hydrogen-bond acceptors (Lipinski definition) is 6. The van der Waals surface area contributed by atoms with Crippen molar-refractivity contribution in [3.8, 4) is 17.2 Å². The zero-order valence-electron chi connectivity index (χ0n) is 15.4. The number of halogens is 1. The second-order valence-electron chi connectivity index (χ2n) is 6.66. The second kappa shape index (κ2) is 7.79. The Kier molecular flexibility index (Phi) is 5.37. The fourth-order valence-electron chi connectivity index (χ4n) is 3.38. The van der Waals surface area contributed by atoms with Crippen LogP contribution in [0.3, 0.4) is 0 Å². The number of sulfonamides is 1. The first-order valence-corrected chi connectivity index (χ1v) is 10.7. The Balaban J connectivity index is 1.40. The van der Waals surface area contributed by atoms with Crippen molar-refractivity contribution in [2.24, 2.45) is 0 Å².